The lowest BCUT2D eigenvalue weighted by Crippen LogP contribution is -1.98. The Morgan fingerprint density at radius 2 is 1.91 bits per heavy atom. The minimum Gasteiger partial charge on any atom is -0.422 e. The fraction of sp³-hybridized carbons (Fsp3) is 0.105. The van der Waals surface area contributed by atoms with E-state index in [2.05, 4.69) is 6.07 Å². The van der Waals surface area contributed by atoms with E-state index in [1.807, 2.05) is 44.2 Å². The normalized spacial score (nSPS) is 15.9. The topological polar surface area (TPSA) is 26.3 Å². The summed E-state index contributed by atoms with van der Waals surface area (Å²) in [5, 5.41) is 0.638. The summed E-state index contributed by atoms with van der Waals surface area (Å²) < 4.78 is 5.40. The van der Waals surface area contributed by atoms with Gasteiger partial charge in [0.05, 0.1) is 5.57 Å². The zero-order valence-electron chi connectivity index (χ0n) is 12.4. The average molecular weight is 311 g/mol. The summed E-state index contributed by atoms with van der Waals surface area (Å²) >= 11 is 5.97. The molecule has 1 aliphatic rings. The molecule has 0 spiro atoms. The van der Waals surface area contributed by atoms with Gasteiger partial charge in [-0.1, -0.05) is 47.5 Å². The smallest absolute Gasteiger partial charge is 0.343 e. The summed E-state index contributed by atoms with van der Waals surface area (Å²) in [6.45, 7) is 4.05. The first-order valence-corrected chi connectivity index (χ1v) is 7.39. The fourth-order valence-corrected chi connectivity index (χ4v) is 2.69. The van der Waals surface area contributed by atoms with Crippen LogP contribution in [-0.2, 0) is 9.53 Å². The quantitative estimate of drug-likeness (QED) is 0.580. The van der Waals surface area contributed by atoms with Crippen LogP contribution < -0.4 is 0 Å². The first-order chi connectivity index (χ1) is 10.5. The summed E-state index contributed by atoms with van der Waals surface area (Å²) in [7, 11) is 0. The van der Waals surface area contributed by atoms with Crippen LogP contribution in [0, 0.1) is 13.8 Å². The van der Waals surface area contributed by atoms with Gasteiger partial charge in [0.15, 0.2) is 0 Å². The molecule has 0 saturated carbocycles. The van der Waals surface area contributed by atoms with E-state index < -0.39 is 0 Å². The highest BCUT2D eigenvalue weighted by Gasteiger charge is 2.22. The van der Waals surface area contributed by atoms with Crippen molar-refractivity contribution < 1.29 is 9.53 Å². The van der Waals surface area contributed by atoms with Crippen molar-refractivity contribution in [2.24, 2.45) is 0 Å². The number of cyclic esters (lactones) is 1. The molecule has 110 valence electrons. The molecule has 2 aromatic rings. The van der Waals surface area contributed by atoms with Crippen LogP contribution in [0.25, 0.3) is 11.8 Å². The van der Waals surface area contributed by atoms with Crippen molar-refractivity contribution in [2.45, 2.75) is 13.8 Å². The molecular formula is C19H15ClO2. The standard InChI is InChI=1S/C19H15ClO2/c1-12-6-7-17(13(2)8-12)18-11-15(19(21)22-18)9-14-4-3-5-16(20)10-14/h3-11H,1-2H3/b15-9+. The fourth-order valence-electron chi connectivity index (χ4n) is 2.49. The largest absolute Gasteiger partial charge is 0.422 e. The highest BCUT2D eigenvalue weighted by Crippen LogP contribution is 2.30. The van der Waals surface area contributed by atoms with Crippen molar-refractivity contribution in [1.82, 2.24) is 0 Å². The maximum atomic E-state index is 12.0. The number of carbonyl (C=O) groups is 1. The molecule has 0 amide bonds. The Morgan fingerprint density at radius 1 is 1.09 bits per heavy atom. The molecule has 2 aromatic carbocycles. The SMILES string of the molecule is Cc1ccc(C2=C/C(=C\c3cccc(Cl)c3)C(=O)O2)c(C)c1. The van der Waals surface area contributed by atoms with Crippen LogP contribution in [0.4, 0.5) is 0 Å². The monoisotopic (exact) mass is 310 g/mol. The van der Waals surface area contributed by atoms with Gasteiger partial charge in [-0.2, -0.15) is 0 Å². The molecule has 0 fully saturated rings. The lowest BCUT2D eigenvalue weighted by Gasteiger charge is -2.06. The van der Waals surface area contributed by atoms with Gasteiger partial charge in [-0.3, -0.25) is 0 Å². The van der Waals surface area contributed by atoms with Gasteiger partial charge >= 0.3 is 5.97 Å². The second-order valence-corrected chi connectivity index (χ2v) is 5.81. The van der Waals surface area contributed by atoms with E-state index in [1.54, 1.807) is 18.2 Å². The van der Waals surface area contributed by atoms with Crippen molar-refractivity contribution in [3.8, 4) is 0 Å². The summed E-state index contributed by atoms with van der Waals surface area (Å²) in [5.74, 6) is 0.255. The Hall–Kier alpha value is -2.32. The third kappa shape index (κ3) is 2.97. The van der Waals surface area contributed by atoms with Gasteiger partial charge in [0.2, 0.25) is 0 Å². The Morgan fingerprint density at radius 3 is 2.64 bits per heavy atom. The molecule has 0 unspecified atom stereocenters. The van der Waals surface area contributed by atoms with Crippen LogP contribution in [-0.4, -0.2) is 5.97 Å². The van der Waals surface area contributed by atoms with E-state index in [9.17, 15) is 4.79 Å². The molecule has 0 aliphatic carbocycles. The summed E-state index contributed by atoms with van der Waals surface area (Å²) in [6, 6.07) is 13.4. The van der Waals surface area contributed by atoms with E-state index in [0.717, 1.165) is 16.7 Å². The predicted molar refractivity (Wildman–Crippen MR) is 89.4 cm³/mol. The number of ether oxygens (including phenoxy) is 1. The lowest BCUT2D eigenvalue weighted by molar-refractivity contribution is -0.130. The van der Waals surface area contributed by atoms with Crippen LogP contribution >= 0.6 is 11.6 Å². The predicted octanol–water partition coefficient (Wildman–Crippen LogP) is 4.94. The van der Waals surface area contributed by atoms with Gasteiger partial charge < -0.3 is 4.74 Å². The third-order valence-corrected chi connectivity index (χ3v) is 3.78. The van der Waals surface area contributed by atoms with Crippen LogP contribution in [0.1, 0.15) is 22.3 Å². The minimum absolute atomic E-state index is 0.338. The van der Waals surface area contributed by atoms with Crippen molar-refractivity contribution in [3.05, 3.63) is 81.4 Å². The zero-order chi connectivity index (χ0) is 15.7. The molecule has 1 aliphatic heterocycles. The highest BCUT2D eigenvalue weighted by molar-refractivity contribution is 6.30. The van der Waals surface area contributed by atoms with Crippen molar-refractivity contribution in [1.29, 1.82) is 0 Å². The van der Waals surface area contributed by atoms with E-state index in [4.69, 9.17) is 16.3 Å². The van der Waals surface area contributed by atoms with Gasteiger partial charge in [-0.25, -0.2) is 4.79 Å². The number of carbonyl (C=O) groups excluding carboxylic acids is 1. The number of rotatable bonds is 2. The van der Waals surface area contributed by atoms with E-state index >= 15 is 0 Å². The zero-order valence-corrected chi connectivity index (χ0v) is 13.1. The van der Waals surface area contributed by atoms with E-state index in [0.29, 0.717) is 16.4 Å². The molecule has 3 rings (SSSR count). The van der Waals surface area contributed by atoms with E-state index in [1.165, 1.54) is 5.56 Å². The van der Waals surface area contributed by atoms with Crippen molar-refractivity contribution in [3.63, 3.8) is 0 Å². The molecule has 0 atom stereocenters. The van der Waals surface area contributed by atoms with Gasteiger partial charge in [-0.05, 0) is 49.3 Å². The molecule has 3 heteroatoms. The second kappa shape index (κ2) is 5.82. The molecule has 2 nitrogen and oxygen atoms in total. The minimum atomic E-state index is -0.338. The average Bonchev–Trinajstić information content (AvgIpc) is 2.80. The number of aryl methyl sites for hydroxylation is 2. The Labute approximate surface area is 134 Å². The summed E-state index contributed by atoms with van der Waals surface area (Å²) in [6.07, 6.45) is 3.56. The first kappa shape index (κ1) is 14.6. The Bertz CT molecular complexity index is 816. The molecule has 0 radical (unpaired) electrons. The first-order valence-electron chi connectivity index (χ1n) is 7.02. The summed E-state index contributed by atoms with van der Waals surface area (Å²) in [4.78, 5) is 12.0. The van der Waals surface area contributed by atoms with E-state index in [-0.39, 0.29) is 5.97 Å². The molecular weight excluding hydrogens is 296 g/mol. The molecule has 0 saturated heterocycles. The molecule has 22 heavy (non-hydrogen) atoms. The maximum absolute atomic E-state index is 12.0. The molecule has 1 heterocycles. The van der Waals surface area contributed by atoms with Crippen LogP contribution in [0.15, 0.2) is 54.1 Å². The van der Waals surface area contributed by atoms with Gasteiger partial charge in [0, 0.05) is 10.6 Å². The molecule has 0 N–H and O–H groups in total. The van der Waals surface area contributed by atoms with Gasteiger partial charge in [0.1, 0.15) is 5.76 Å². The van der Waals surface area contributed by atoms with Crippen molar-refractivity contribution in [2.75, 3.05) is 0 Å². The number of hydrogen-bond donors (Lipinski definition) is 0. The van der Waals surface area contributed by atoms with Crippen molar-refractivity contribution >= 4 is 29.4 Å². The number of halogens is 1. The second-order valence-electron chi connectivity index (χ2n) is 5.37. The Kier molecular flexibility index (Phi) is 3.86. The third-order valence-electron chi connectivity index (χ3n) is 3.54. The highest BCUT2D eigenvalue weighted by atomic mass is 35.5. The number of esters is 1. The van der Waals surface area contributed by atoms with Crippen LogP contribution in [0.2, 0.25) is 5.02 Å². The van der Waals surface area contributed by atoms with Crippen LogP contribution in [0.5, 0.6) is 0 Å². The number of benzene rings is 2. The lowest BCUT2D eigenvalue weighted by atomic mass is 10.0. The maximum Gasteiger partial charge on any atom is 0.343 e. The number of hydrogen-bond acceptors (Lipinski definition) is 2. The van der Waals surface area contributed by atoms with Crippen LogP contribution in [0.3, 0.4) is 0 Å². The van der Waals surface area contributed by atoms with Gasteiger partial charge in [-0.15, -0.1) is 0 Å². The van der Waals surface area contributed by atoms with Gasteiger partial charge in [0.25, 0.3) is 0 Å². The molecule has 0 bridgehead atoms. The summed E-state index contributed by atoms with van der Waals surface area (Å²) in [5.41, 5.74) is 4.60. The molecule has 0 aromatic heterocycles. The Balaban J connectivity index is 1.98.